The molecule has 0 aliphatic rings. The van der Waals surface area contributed by atoms with Crippen LogP contribution in [0, 0.1) is 0 Å². The molecule has 3 aromatic carbocycles. The van der Waals surface area contributed by atoms with E-state index >= 15 is 0 Å². The number of hydrogen-bond acceptors (Lipinski definition) is 6. The fourth-order valence-electron chi connectivity index (χ4n) is 4.02. The van der Waals surface area contributed by atoms with Gasteiger partial charge in [-0.15, -0.1) is 10.2 Å². The fraction of sp³-hybridized carbons (Fsp3) is 0.185. The Balaban J connectivity index is 1.57. The number of carbonyl (C=O) groups is 1. The second kappa shape index (κ2) is 9.38. The number of ketones is 1. The molecule has 5 rings (SSSR count). The topological polar surface area (TPSA) is 78.5 Å². The van der Waals surface area contributed by atoms with Crippen molar-refractivity contribution in [1.82, 2.24) is 19.2 Å². The summed E-state index contributed by atoms with van der Waals surface area (Å²) in [7, 11) is 1.58. The molecule has 0 radical (unpaired) electrons. The van der Waals surface area contributed by atoms with Crippen LogP contribution in [0.1, 0.15) is 35.7 Å². The number of fused-ring (bicyclic) bond motifs is 3. The van der Waals surface area contributed by atoms with Crippen molar-refractivity contribution in [3.8, 4) is 11.4 Å². The highest BCUT2D eigenvalue weighted by atomic mass is 32.2. The predicted molar refractivity (Wildman–Crippen MR) is 138 cm³/mol. The summed E-state index contributed by atoms with van der Waals surface area (Å²) in [5, 5.41) is 9.77. The molecule has 35 heavy (non-hydrogen) atoms. The number of carbonyl (C=O) groups excluding carboxylic acids is 1. The quantitative estimate of drug-likeness (QED) is 0.235. The number of Topliss-reactive ketones (excluding diaryl/α,β-unsaturated/α-hetero) is 1. The number of rotatable bonds is 7. The zero-order chi connectivity index (χ0) is 24.5. The Labute approximate surface area is 206 Å². The first-order valence-corrected chi connectivity index (χ1v) is 12.3. The molecule has 8 heteroatoms. The number of aromatic nitrogens is 4. The number of ether oxygens (including phenoxy) is 1. The Kier molecular flexibility index (Phi) is 6.13. The zero-order valence-corrected chi connectivity index (χ0v) is 20.5. The molecule has 0 aliphatic heterocycles. The van der Waals surface area contributed by atoms with Crippen molar-refractivity contribution in [2.24, 2.45) is 0 Å². The summed E-state index contributed by atoms with van der Waals surface area (Å²) in [6.07, 6.45) is 0. The third-order valence-corrected chi connectivity index (χ3v) is 6.87. The lowest BCUT2D eigenvalue weighted by Gasteiger charge is -2.12. The maximum atomic E-state index is 13.5. The van der Waals surface area contributed by atoms with Gasteiger partial charge in [-0.2, -0.15) is 0 Å². The molecule has 0 bridgehead atoms. The van der Waals surface area contributed by atoms with E-state index in [2.05, 4.69) is 24.0 Å². The molecule has 0 fully saturated rings. The largest absolute Gasteiger partial charge is 0.497 e. The van der Waals surface area contributed by atoms with E-state index in [0.717, 1.165) is 0 Å². The van der Waals surface area contributed by atoms with E-state index < -0.39 is 0 Å². The highest BCUT2D eigenvalue weighted by molar-refractivity contribution is 7.99. The van der Waals surface area contributed by atoms with Crippen LogP contribution in [0.4, 0.5) is 0 Å². The van der Waals surface area contributed by atoms with Crippen molar-refractivity contribution in [3.05, 3.63) is 94.3 Å². The molecule has 176 valence electrons. The molecule has 2 aromatic heterocycles. The van der Waals surface area contributed by atoms with Gasteiger partial charge in [0.1, 0.15) is 5.75 Å². The lowest BCUT2D eigenvalue weighted by atomic mass is 10.0. The van der Waals surface area contributed by atoms with Crippen molar-refractivity contribution >= 4 is 34.2 Å². The van der Waals surface area contributed by atoms with Crippen molar-refractivity contribution in [1.29, 1.82) is 0 Å². The number of thioether (sulfide) groups is 1. The monoisotopic (exact) mass is 484 g/mol. The van der Waals surface area contributed by atoms with Gasteiger partial charge in [0.25, 0.3) is 5.56 Å². The minimum Gasteiger partial charge on any atom is -0.497 e. The van der Waals surface area contributed by atoms with E-state index in [1.807, 2.05) is 65.1 Å². The number of methoxy groups -OCH3 is 1. The number of hydrogen-bond donors (Lipinski definition) is 0. The summed E-state index contributed by atoms with van der Waals surface area (Å²) in [5.74, 6) is 1.62. The maximum absolute atomic E-state index is 13.5. The molecular weight excluding hydrogens is 460 g/mol. The zero-order valence-electron chi connectivity index (χ0n) is 19.6. The minimum absolute atomic E-state index is 0.00692. The summed E-state index contributed by atoms with van der Waals surface area (Å²) in [6, 6.07) is 22.3. The smallest absolute Gasteiger partial charge is 0.267 e. The normalized spacial score (nSPS) is 11.4. The van der Waals surface area contributed by atoms with Crippen molar-refractivity contribution in [2.75, 3.05) is 12.9 Å². The fourth-order valence-corrected chi connectivity index (χ4v) is 4.86. The molecule has 0 N–H and O–H groups in total. The SMILES string of the molecule is COc1cccc(-n2c(=O)c3ccccc3n3c(SCC(=O)c4ccc(C(C)C)cc4)nnc23)c1. The van der Waals surface area contributed by atoms with Gasteiger partial charge in [0, 0.05) is 11.6 Å². The molecule has 0 amide bonds. The second-order valence-corrected chi connectivity index (χ2v) is 9.41. The van der Waals surface area contributed by atoms with Crippen LogP contribution in [-0.2, 0) is 0 Å². The molecule has 0 unspecified atom stereocenters. The van der Waals surface area contributed by atoms with Crippen molar-refractivity contribution < 1.29 is 9.53 Å². The summed E-state index contributed by atoms with van der Waals surface area (Å²) in [5.41, 5.74) is 2.96. The lowest BCUT2D eigenvalue weighted by molar-refractivity contribution is 0.102. The van der Waals surface area contributed by atoms with Crippen LogP contribution in [0.15, 0.2) is 82.7 Å². The highest BCUT2D eigenvalue weighted by Gasteiger charge is 2.19. The van der Waals surface area contributed by atoms with Gasteiger partial charge < -0.3 is 4.74 Å². The van der Waals surface area contributed by atoms with E-state index in [1.165, 1.54) is 21.9 Å². The molecule has 0 saturated carbocycles. The minimum atomic E-state index is -0.202. The van der Waals surface area contributed by atoms with Gasteiger partial charge in [-0.05, 0) is 35.7 Å². The Hall–Kier alpha value is -3.91. The Bertz CT molecular complexity index is 1600. The van der Waals surface area contributed by atoms with Crippen LogP contribution < -0.4 is 10.3 Å². The average Bonchev–Trinajstić information content (AvgIpc) is 3.31. The number of para-hydroxylation sites is 1. The van der Waals surface area contributed by atoms with Gasteiger partial charge in [-0.3, -0.25) is 14.0 Å². The molecule has 5 aromatic rings. The van der Waals surface area contributed by atoms with E-state index in [4.69, 9.17) is 4.74 Å². The molecule has 0 aliphatic carbocycles. The summed E-state index contributed by atoms with van der Waals surface area (Å²) >= 11 is 1.30. The van der Waals surface area contributed by atoms with Gasteiger partial charge in [0.15, 0.2) is 10.9 Å². The first-order valence-electron chi connectivity index (χ1n) is 11.3. The van der Waals surface area contributed by atoms with Crippen LogP contribution in [-0.4, -0.2) is 37.8 Å². The van der Waals surface area contributed by atoms with Crippen LogP contribution in [0.2, 0.25) is 0 Å². The van der Waals surface area contributed by atoms with Gasteiger partial charge in [-0.25, -0.2) is 4.57 Å². The maximum Gasteiger partial charge on any atom is 0.267 e. The average molecular weight is 485 g/mol. The Morgan fingerprint density at radius 2 is 1.77 bits per heavy atom. The van der Waals surface area contributed by atoms with Gasteiger partial charge in [-0.1, -0.05) is 68.1 Å². The molecule has 0 saturated heterocycles. The molecule has 7 nitrogen and oxygen atoms in total. The number of benzene rings is 3. The van der Waals surface area contributed by atoms with Crippen LogP contribution in [0.5, 0.6) is 5.75 Å². The van der Waals surface area contributed by atoms with Crippen LogP contribution in [0.25, 0.3) is 22.4 Å². The van der Waals surface area contributed by atoms with E-state index in [-0.39, 0.29) is 17.1 Å². The van der Waals surface area contributed by atoms with Crippen molar-refractivity contribution in [2.45, 2.75) is 24.9 Å². The molecule has 2 heterocycles. The lowest BCUT2D eigenvalue weighted by Crippen LogP contribution is -2.22. The molecular formula is C27H24N4O3S. The van der Waals surface area contributed by atoms with Crippen LogP contribution in [0.3, 0.4) is 0 Å². The van der Waals surface area contributed by atoms with Gasteiger partial charge in [0.05, 0.1) is 29.5 Å². The number of nitrogens with zero attached hydrogens (tertiary/aromatic N) is 4. The third kappa shape index (κ3) is 4.21. The van der Waals surface area contributed by atoms with Gasteiger partial charge >= 0.3 is 0 Å². The Morgan fingerprint density at radius 3 is 2.51 bits per heavy atom. The molecule has 0 atom stereocenters. The highest BCUT2D eigenvalue weighted by Crippen LogP contribution is 2.25. The molecule has 0 spiro atoms. The van der Waals surface area contributed by atoms with Crippen LogP contribution >= 0.6 is 11.8 Å². The first kappa shape index (κ1) is 22.9. The summed E-state index contributed by atoms with van der Waals surface area (Å²) < 4.78 is 8.70. The Morgan fingerprint density at radius 1 is 1.00 bits per heavy atom. The van der Waals surface area contributed by atoms with E-state index in [9.17, 15) is 9.59 Å². The summed E-state index contributed by atoms with van der Waals surface area (Å²) in [6.45, 7) is 4.25. The third-order valence-electron chi connectivity index (χ3n) is 5.94. The summed E-state index contributed by atoms with van der Waals surface area (Å²) in [4.78, 5) is 26.3. The first-order chi connectivity index (χ1) is 17.0. The van der Waals surface area contributed by atoms with Gasteiger partial charge in [0.2, 0.25) is 5.78 Å². The second-order valence-electron chi connectivity index (χ2n) is 8.47. The van der Waals surface area contributed by atoms with Crippen molar-refractivity contribution in [3.63, 3.8) is 0 Å². The van der Waals surface area contributed by atoms with E-state index in [0.29, 0.717) is 44.8 Å². The predicted octanol–water partition coefficient (Wildman–Crippen LogP) is 5.14. The van der Waals surface area contributed by atoms with E-state index in [1.54, 1.807) is 19.2 Å². The standard InChI is InChI=1S/C27H24N4O3S/c1-17(2)18-11-13-19(14-12-18)24(32)16-35-27-29-28-26-30(20-7-6-8-21(15-20)34-3)25(33)22-9-4-5-10-23(22)31(26)27/h4-15,17H,16H2,1-3H3.